The van der Waals surface area contributed by atoms with Gasteiger partial charge in [-0.05, 0) is 84.0 Å². The van der Waals surface area contributed by atoms with Crippen LogP contribution in [0.1, 0.15) is 82.5 Å². The van der Waals surface area contributed by atoms with E-state index in [9.17, 15) is 4.79 Å². The van der Waals surface area contributed by atoms with E-state index in [1.165, 1.54) is 24.8 Å². The van der Waals surface area contributed by atoms with Crippen LogP contribution < -0.4 is 5.73 Å². The average Bonchev–Trinajstić information content (AvgIpc) is 3.45. The zero-order valence-corrected chi connectivity index (χ0v) is 23.7. The molecule has 2 aliphatic carbocycles. The maximum absolute atomic E-state index is 12.9. The first-order valence-electron chi connectivity index (χ1n) is 14.1. The Kier molecular flexibility index (Phi) is 7.58. The minimum absolute atomic E-state index is 0.00630. The Labute approximate surface area is 231 Å². The third-order valence-electron chi connectivity index (χ3n) is 8.84. The number of nitrogens with two attached hydrogens (primary N) is 1. The highest BCUT2D eigenvalue weighted by atomic mass is 16.2. The molecule has 1 unspecified atom stereocenters. The Hall–Kier alpha value is -3.52. The molecule has 2 atom stereocenters. The van der Waals surface area contributed by atoms with Crippen LogP contribution in [0.5, 0.6) is 0 Å². The van der Waals surface area contributed by atoms with Gasteiger partial charge in [-0.2, -0.15) is 5.21 Å². The number of nitrogens with one attached hydrogen (secondary N) is 1. The number of carbonyl (C=O) groups is 1. The molecule has 206 valence electrons. The topological polar surface area (TPSA) is 104 Å². The molecule has 1 amide bonds. The van der Waals surface area contributed by atoms with Crippen molar-refractivity contribution < 1.29 is 4.79 Å². The summed E-state index contributed by atoms with van der Waals surface area (Å²) < 4.78 is 0. The number of aromatic nitrogens is 4. The lowest BCUT2D eigenvalue weighted by molar-refractivity contribution is 0.0827. The van der Waals surface area contributed by atoms with Crippen LogP contribution in [0.2, 0.25) is 0 Å². The van der Waals surface area contributed by atoms with E-state index in [0.717, 1.165) is 53.6 Å². The Balaban J connectivity index is 1.73. The number of carbonyl (C=O) groups excluding carboxylic acids is 1. The quantitative estimate of drug-likeness (QED) is 0.478. The van der Waals surface area contributed by atoms with Crippen molar-refractivity contribution in [2.24, 2.45) is 11.7 Å². The molecule has 0 radical (unpaired) electrons. The summed E-state index contributed by atoms with van der Waals surface area (Å²) in [6.45, 7) is 4.30. The van der Waals surface area contributed by atoms with E-state index >= 15 is 0 Å². The minimum Gasteiger partial charge on any atom is -0.378 e. The van der Waals surface area contributed by atoms with Gasteiger partial charge in [0.15, 0.2) is 5.82 Å². The molecule has 0 aliphatic heterocycles. The summed E-state index contributed by atoms with van der Waals surface area (Å²) in [6.07, 6.45) is 8.35. The van der Waals surface area contributed by atoms with Crippen LogP contribution in [0.4, 0.5) is 0 Å². The normalized spacial score (nSPS) is 19.9. The first kappa shape index (κ1) is 27.1. The summed E-state index contributed by atoms with van der Waals surface area (Å²) in [5.41, 5.74) is 13.8. The van der Waals surface area contributed by atoms with Crippen LogP contribution in [0, 0.1) is 5.92 Å². The number of tetrazole rings is 1. The van der Waals surface area contributed by atoms with Gasteiger partial charge in [-0.3, -0.25) is 4.79 Å². The standard InChI is InChI=1S/C31H41N7O/c1-20(37(2)3)22-13-15-26-23(17-22)11-12-24-18-25(29(39)38(4)5)14-16-27(24)31(26,30-33-35-36-34-30)19-28(32)21-9-7-6-8-10-21/h13-18,21,28H,1,6-12,19,32H2,2-5H3,(H,33,34,35,36)/t28-,31?/m0/s1. The van der Waals surface area contributed by atoms with Gasteiger partial charge in [-0.1, -0.05) is 49.3 Å². The van der Waals surface area contributed by atoms with E-state index in [0.29, 0.717) is 23.7 Å². The number of nitrogens with zero attached hydrogens (tertiary/aromatic N) is 5. The fourth-order valence-electron chi connectivity index (χ4n) is 6.65. The fourth-order valence-corrected chi connectivity index (χ4v) is 6.65. The summed E-state index contributed by atoms with van der Waals surface area (Å²) in [5, 5.41) is 16.0. The van der Waals surface area contributed by atoms with Crippen molar-refractivity contribution in [3.63, 3.8) is 0 Å². The molecule has 2 aliphatic rings. The van der Waals surface area contributed by atoms with E-state index in [1.54, 1.807) is 19.0 Å². The van der Waals surface area contributed by atoms with Gasteiger partial charge < -0.3 is 15.5 Å². The molecule has 3 aromatic rings. The predicted molar refractivity (Wildman–Crippen MR) is 154 cm³/mol. The highest BCUT2D eigenvalue weighted by Crippen LogP contribution is 2.48. The number of H-pyrrole nitrogens is 1. The van der Waals surface area contributed by atoms with Crippen LogP contribution in [-0.4, -0.2) is 70.6 Å². The molecule has 39 heavy (non-hydrogen) atoms. The van der Waals surface area contributed by atoms with Gasteiger partial charge in [0.2, 0.25) is 0 Å². The maximum atomic E-state index is 12.9. The van der Waals surface area contributed by atoms with Crippen LogP contribution in [-0.2, 0) is 18.3 Å². The lowest BCUT2D eigenvalue weighted by Gasteiger charge is -2.39. The number of amides is 1. The third-order valence-corrected chi connectivity index (χ3v) is 8.84. The predicted octanol–water partition coefficient (Wildman–Crippen LogP) is 4.16. The summed E-state index contributed by atoms with van der Waals surface area (Å²) in [5.74, 6) is 1.08. The van der Waals surface area contributed by atoms with E-state index in [4.69, 9.17) is 5.73 Å². The van der Waals surface area contributed by atoms with Gasteiger partial charge in [0.25, 0.3) is 5.91 Å². The maximum Gasteiger partial charge on any atom is 0.253 e. The van der Waals surface area contributed by atoms with Crippen LogP contribution >= 0.6 is 0 Å². The lowest BCUT2D eigenvalue weighted by atomic mass is 9.65. The Morgan fingerprint density at radius 1 is 1.00 bits per heavy atom. The second-order valence-electron chi connectivity index (χ2n) is 11.7. The molecular weight excluding hydrogens is 486 g/mol. The van der Waals surface area contributed by atoms with E-state index in [-0.39, 0.29) is 11.9 Å². The number of aryl methyl sites for hydroxylation is 2. The Morgan fingerprint density at radius 2 is 1.62 bits per heavy atom. The summed E-state index contributed by atoms with van der Waals surface area (Å²) in [4.78, 5) is 16.6. The SMILES string of the molecule is C=C(c1ccc2c(c1)CCc1cc(C(=O)N(C)C)ccc1C2(C[C@H](N)C1CCCCC1)c1nn[nH]n1)N(C)C. The van der Waals surface area contributed by atoms with Crippen LogP contribution in [0.15, 0.2) is 43.0 Å². The van der Waals surface area contributed by atoms with E-state index in [2.05, 4.69) is 57.5 Å². The largest absolute Gasteiger partial charge is 0.378 e. The Morgan fingerprint density at radius 3 is 2.18 bits per heavy atom. The number of hydrogen-bond donors (Lipinski definition) is 2. The monoisotopic (exact) mass is 527 g/mol. The summed E-state index contributed by atoms with van der Waals surface area (Å²) in [6, 6.07) is 12.7. The van der Waals surface area contributed by atoms with Crippen molar-refractivity contribution in [2.45, 2.75) is 62.8 Å². The van der Waals surface area contributed by atoms with Crippen molar-refractivity contribution in [1.82, 2.24) is 30.4 Å². The average molecular weight is 528 g/mol. The first-order chi connectivity index (χ1) is 18.7. The molecule has 3 N–H and O–H groups in total. The van der Waals surface area contributed by atoms with Gasteiger partial charge >= 0.3 is 0 Å². The van der Waals surface area contributed by atoms with E-state index < -0.39 is 5.41 Å². The van der Waals surface area contributed by atoms with Gasteiger partial charge in [0.1, 0.15) is 0 Å². The number of hydrogen-bond acceptors (Lipinski definition) is 6. The third kappa shape index (κ3) is 4.98. The fraction of sp³-hybridized carbons (Fsp3) is 0.484. The summed E-state index contributed by atoms with van der Waals surface area (Å²) >= 11 is 0. The number of aromatic amines is 1. The lowest BCUT2D eigenvalue weighted by Crippen LogP contribution is -2.43. The second kappa shape index (κ2) is 10.9. The second-order valence-corrected chi connectivity index (χ2v) is 11.7. The molecule has 1 aromatic heterocycles. The summed E-state index contributed by atoms with van der Waals surface area (Å²) in [7, 11) is 7.60. The highest BCUT2D eigenvalue weighted by Gasteiger charge is 2.46. The van der Waals surface area contributed by atoms with Crippen molar-refractivity contribution in [3.8, 4) is 0 Å². The van der Waals surface area contributed by atoms with E-state index in [1.807, 2.05) is 25.1 Å². The minimum atomic E-state index is -0.692. The molecule has 0 spiro atoms. The number of benzene rings is 2. The molecule has 1 fully saturated rings. The number of fused-ring (bicyclic) bond motifs is 2. The molecule has 0 saturated heterocycles. The molecule has 8 nitrogen and oxygen atoms in total. The zero-order valence-electron chi connectivity index (χ0n) is 23.7. The Bertz CT molecular complexity index is 1270. The van der Waals surface area contributed by atoms with Crippen molar-refractivity contribution in [2.75, 3.05) is 28.2 Å². The highest BCUT2D eigenvalue weighted by molar-refractivity contribution is 5.94. The van der Waals surface area contributed by atoms with Crippen molar-refractivity contribution >= 4 is 11.6 Å². The van der Waals surface area contributed by atoms with Crippen LogP contribution in [0.3, 0.4) is 0 Å². The van der Waals surface area contributed by atoms with Crippen LogP contribution in [0.25, 0.3) is 5.70 Å². The molecular formula is C31H41N7O. The van der Waals surface area contributed by atoms with Gasteiger partial charge in [0.05, 0.1) is 5.41 Å². The molecule has 1 heterocycles. The number of rotatable bonds is 7. The van der Waals surface area contributed by atoms with Crippen molar-refractivity contribution in [1.29, 1.82) is 0 Å². The zero-order chi connectivity index (χ0) is 27.7. The molecule has 8 heteroatoms. The molecule has 0 bridgehead atoms. The van der Waals surface area contributed by atoms with Crippen molar-refractivity contribution in [3.05, 3.63) is 82.2 Å². The molecule has 1 saturated carbocycles. The van der Waals surface area contributed by atoms with Gasteiger partial charge in [0, 0.05) is 45.5 Å². The molecule has 2 aromatic carbocycles. The molecule has 5 rings (SSSR count). The van der Waals surface area contributed by atoms with Gasteiger partial charge in [-0.25, -0.2) is 0 Å². The first-order valence-corrected chi connectivity index (χ1v) is 14.1. The van der Waals surface area contributed by atoms with Gasteiger partial charge in [-0.15, -0.1) is 10.2 Å². The smallest absolute Gasteiger partial charge is 0.253 e.